The maximum absolute atomic E-state index is 5.75. The third kappa shape index (κ3) is 3.48. The number of nitrogens with one attached hydrogen (secondary N) is 1. The van der Waals surface area contributed by atoms with Gasteiger partial charge in [0.05, 0.1) is 0 Å². The van der Waals surface area contributed by atoms with Crippen LogP contribution in [0.25, 0.3) is 0 Å². The van der Waals surface area contributed by atoms with Gasteiger partial charge in [-0.05, 0) is 31.3 Å². The molecule has 0 aliphatic heterocycles. The Morgan fingerprint density at radius 2 is 2.00 bits per heavy atom. The average Bonchev–Trinajstić information content (AvgIpc) is 2.09. The van der Waals surface area contributed by atoms with Crippen LogP contribution in [0, 0.1) is 0 Å². The van der Waals surface area contributed by atoms with E-state index in [4.69, 9.17) is 11.6 Å². The first-order valence-corrected chi connectivity index (χ1v) is 5.22. The van der Waals surface area contributed by atoms with Crippen molar-refractivity contribution in [1.82, 2.24) is 5.32 Å². The second-order valence-corrected chi connectivity index (χ2v) is 4.01. The van der Waals surface area contributed by atoms with Crippen LogP contribution in [-0.4, -0.2) is 19.3 Å². The van der Waals surface area contributed by atoms with Gasteiger partial charge in [0.2, 0.25) is 0 Å². The number of halogens is 1. The van der Waals surface area contributed by atoms with Gasteiger partial charge in [0.15, 0.2) is 0 Å². The van der Waals surface area contributed by atoms with E-state index in [-0.39, 0.29) is 0 Å². The summed E-state index contributed by atoms with van der Waals surface area (Å²) in [5, 5.41) is 3.90. The first-order valence-electron chi connectivity index (χ1n) is 3.86. The van der Waals surface area contributed by atoms with Crippen molar-refractivity contribution in [2.75, 3.05) is 19.3 Å². The summed E-state index contributed by atoms with van der Waals surface area (Å²) in [4.78, 5) is 1.27. The Morgan fingerprint density at radius 3 is 2.58 bits per heavy atom. The SMILES string of the molecule is CNCCSc1ccc(Cl)cc1. The molecule has 0 saturated carbocycles. The number of thioether (sulfide) groups is 1. The van der Waals surface area contributed by atoms with Crippen molar-refractivity contribution < 1.29 is 0 Å². The smallest absolute Gasteiger partial charge is 0.0406 e. The molecule has 0 atom stereocenters. The van der Waals surface area contributed by atoms with Crippen molar-refractivity contribution >= 4 is 23.4 Å². The molecular formula is C9H12ClNS. The van der Waals surface area contributed by atoms with E-state index in [0.717, 1.165) is 17.3 Å². The Hall–Kier alpha value is -0.180. The minimum absolute atomic E-state index is 0.799. The molecule has 0 radical (unpaired) electrons. The van der Waals surface area contributed by atoms with Crippen LogP contribution in [0.4, 0.5) is 0 Å². The van der Waals surface area contributed by atoms with Gasteiger partial charge >= 0.3 is 0 Å². The van der Waals surface area contributed by atoms with Gasteiger partial charge in [-0.1, -0.05) is 11.6 Å². The van der Waals surface area contributed by atoms with E-state index in [9.17, 15) is 0 Å². The van der Waals surface area contributed by atoms with Crippen molar-refractivity contribution in [3.05, 3.63) is 29.3 Å². The lowest BCUT2D eigenvalue weighted by atomic mass is 10.4. The minimum atomic E-state index is 0.799. The van der Waals surface area contributed by atoms with Gasteiger partial charge in [0.1, 0.15) is 0 Å². The van der Waals surface area contributed by atoms with E-state index in [2.05, 4.69) is 5.32 Å². The molecule has 0 aromatic heterocycles. The Bertz CT molecular complexity index is 222. The molecule has 0 bridgehead atoms. The van der Waals surface area contributed by atoms with Gasteiger partial charge in [0.25, 0.3) is 0 Å². The molecule has 0 heterocycles. The summed E-state index contributed by atoms with van der Waals surface area (Å²) < 4.78 is 0. The van der Waals surface area contributed by atoms with Crippen LogP contribution in [0.3, 0.4) is 0 Å². The first kappa shape index (κ1) is 9.90. The fourth-order valence-corrected chi connectivity index (χ4v) is 1.80. The van der Waals surface area contributed by atoms with E-state index in [1.54, 1.807) is 0 Å². The monoisotopic (exact) mass is 201 g/mol. The van der Waals surface area contributed by atoms with Crippen LogP contribution < -0.4 is 5.32 Å². The number of hydrogen-bond acceptors (Lipinski definition) is 2. The highest BCUT2D eigenvalue weighted by atomic mass is 35.5. The summed E-state index contributed by atoms with van der Waals surface area (Å²) in [6.07, 6.45) is 0. The van der Waals surface area contributed by atoms with Gasteiger partial charge < -0.3 is 5.32 Å². The van der Waals surface area contributed by atoms with Gasteiger partial charge in [-0.25, -0.2) is 0 Å². The van der Waals surface area contributed by atoms with Crippen molar-refractivity contribution in [3.8, 4) is 0 Å². The zero-order chi connectivity index (χ0) is 8.81. The van der Waals surface area contributed by atoms with Gasteiger partial charge in [-0.3, -0.25) is 0 Å². The molecule has 1 aromatic rings. The number of hydrogen-bond donors (Lipinski definition) is 1. The molecule has 66 valence electrons. The fraction of sp³-hybridized carbons (Fsp3) is 0.333. The second kappa shape index (κ2) is 5.46. The minimum Gasteiger partial charge on any atom is -0.319 e. The maximum atomic E-state index is 5.75. The fourth-order valence-electron chi connectivity index (χ4n) is 0.802. The molecular weight excluding hydrogens is 190 g/mol. The molecule has 1 rings (SSSR count). The van der Waals surface area contributed by atoms with E-state index in [1.165, 1.54) is 4.90 Å². The van der Waals surface area contributed by atoms with E-state index < -0.39 is 0 Å². The van der Waals surface area contributed by atoms with Crippen LogP contribution in [-0.2, 0) is 0 Å². The summed E-state index contributed by atoms with van der Waals surface area (Å²) in [5.41, 5.74) is 0. The quantitative estimate of drug-likeness (QED) is 0.594. The van der Waals surface area contributed by atoms with Crippen LogP contribution in [0.5, 0.6) is 0 Å². The maximum Gasteiger partial charge on any atom is 0.0406 e. The van der Waals surface area contributed by atoms with Crippen LogP contribution >= 0.6 is 23.4 Å². The number of rotatable bonds is 4. The molecule has 1 nitrogen and oxygen atoms in total. The lowest BCUT2D eigenvalue weighted by Gasteiger charge is -2.00. The van der Waals surface area contributed by atoms with Crippen LogP contribution in [0.2, 0.25) is 5.02 Å². The van der Waals surface area contributed by atoms with Gasteiger partial charge in [-0.15, -0.1) is 11.8 Å². The Balaban J connectivity index is 2.37. The third-order valence-electron chi connectivity index (χ3n) is 1.43. The summed E-state index contributed by atoms with van der Waals surface area (Å²) in [6.45, 7) is 1.04. The highest BCUT2D eigenvalue weighted by Gasteiger charge is 1.92. The van der Waals surface area contributed by atoms with Crippen molar-refractivity contribution in [3.63, 3.8) is 0 Å². The van der Waals surface area contributed by atoms with E-state index >= 15 is 0 Å². The van der Waals surface area contributed by atoms with Gasteiger partial charge in [-0.2, -0.15) is 0 Å². The Kier molecular flexibility index (Phi) is 4.51. The largest absolute Gasteiger partial charge is 0.319 e. The zero-order valence-electron chi connectivity index (χ0n) is 7.01. The zero-order valence-corrected chi connectivity index (χ0v) is 8.58. The summed E-state index contributed by atoms with van der Waals surface area (Å²) >= 11 is 7.58. The second-order valence-electron chi connectivity index (χ2n) is 2.41. The lowest BCUT2D eigenvalue weighted by molar-refractivity contribution is 0.872. The van der Waals surface area contributed by atoms with Gasteiger partial charge in [0, 0.05) is 22.2 Å². The molecule has 0 fully saturated rings. The first-order chi connectivity index (χ1) is 5.83. The topological polar surface area (TPSA) is 12.0 Å². The van der Waals surface area contributed by atoms with Crippen molar-refractivity contribution in [2.24, 2.45) is 0 Å². The molecule has 1 aromatic carbocycles. The molecule has 0 spiro atoms. The number of benzene rings is 1. The van der Waals surface area contributed by atoms with E-state index in [1.807, 2.05) is 43.1 Å². The Morgan fingerprint density at radius 1 is 1.33 bits per heavy atom. The molecule has 0 unspecified atom stereocenters. The normalized spacial score (nSPS) is 10.2. The predicted molar refractivity (Wildman–Crippen MR) is 56.1 cm³/mol. The molecule has 0 saturated heterocycles. The highest BCUT2D eigenvalue weighted by Crippen LogP contribution is 2.19. The molecule has 1 N–H and O–H groups in total. The van der Waals surface area contributed by atoms with Crippen LogP contribution in [0.15, 0.2) is 29.2 Å². The summed E-state index contributed by atoms with van der Waals surface area (Å²) in [7, 11) is 1.96. The standard InChI is InChI=1S/C9H12ClNS/c1-11-6-7-12-9-4-2-8(10)3-5-9/h2-5,11H,6-7H2,1H3. The average molecular weight is 202 g/mol. The molecule has 12 heavy (non-hydrogen) atoms. The lowest BCUT2D eigenvalue weighted by Crippen LogP contribution is -2.09. The van der Waals surface area contributed by atoms with Crippen molar-refractivity contribution in [2.45, 2.75) is 4.90 Å². The summed E-state index contributed by atoms with van der Waals surface area (Å²) in [5.74, 6) is 1.10. The van der Waals surface area contributed by atoms with Crippen LogP contribution in [0.1, 0.15) is 0 Å². The predicted octanol–water partition coefficient (Wildman–Crippen LogP) is 2.65. The third-order valence-corrected chi connectivity index (χ3v) is 2.70. The summed E-state index contributed by atoms with van der Waals surface area (Å²) in [6, 6.07) is 7.93. The molecule has 3 heteroatoms. The molecule has 0 amide bonds. The Labute approximate surface area is 82.5 Å². The van der Waals surface area contributed by atoms with E-state index in [0.29, 0.717) is 0 Å². The highest BCUT2D eigenvalue weighted by molar-refractivity contribution is 7.99. The molecule has 0 aliphatic carbocycles. The molecule has 0 aliphatic rings. The van der Waals surface area contributed by atoms with Crippen molar-refractivity contribution in [1.29, 1.82) is 0 Å².